The monoisotopic (exact) mass is 1800 g/mol. The molecule has 0 saturated heterocycles. The average molecular weight is 1800 g/mol. The molecule has 25 nitrogen and oxygen atoms in total. The van der Waals surface area contributed by atoms with Gasteiger partial charge in [0.25, 0.3) is 0 Å². The second-order valence-electron chi connectivity index (χ2n) is 31.9. The number of hydrogen-bond acceptors (Lipinski definition) is 27. The Morgan fingerprint density at radius 1 is 0.333 bits per heavy atom. The van der Waals surface area contributed by atoms with Crippen molar-refractivity contribution >= 4 is 90.5 Å². The van der Waals surface area contributed by atoms with Crippen LogP contribution in [0.2, 0.25) is 0 Å². The van der Waals surface area contributed by atoms with E-state index < -0.39 is 34.3 Å². The lowest BCUT2D eigenvalue weighted by atomic mass is 9.55. The second kappa shape index (κ2) is 39.9. The average Bonchev–Trinajstić information content (AvgIpc) is 1.40. The molecule has 3 aliphatic heterocycles. The van der Waals surface area contributed by atoms with Crippen LogP contribution in [0.15, 0.2) is 416 Å². The molecule has 0 radical (unpaired) electrons. The first kappa shape index (κ1) is 86.4. The summed E-state index contributed by atoms with van der Waals surface area (Å²) >= 11 is 4.88. The van der Waals surface area contributed by atoms with Crippen molar-refractivity contribution in [2.45, 2.75) is 115 Å². The molecule has 12 aromatic carbocycles. The number of para-hydroxylation sites is 4. The van der Waals surface area contributed by atoms with E-state index in [0.29, 0.717) is 59.2 Å². The Kier molecular flexibility index (Phi) is 26.1. The second-order valence-corrected chi connectivity index (χ2v) is 35.2. The number of aromatic nitrogens is 4. The molecule has 132 heavy (non-hydrogen) atoms. The smallest absolute Gasteiger partial charge is 0.244 e. The molecule has 0 N–H and O–H groups in total. The molecule has 0 fully saturated rings. The quantitative estimate of drug-likeness (QED) is 0.0324. The lowest BCUT2D eigenvalue weighted by Crippen LogP contribution is -2.76. The van der Waals surface area contributed by atoms with E-state index in [0.717, 1.165) is 120 Å². The van der Waals surface area contributed by atoms with E-state index in [1.165, 1.54) is 18.7 Å². The Hall–Kier alpha value is -15.0. The van der Waals surface area contributed by atoms with E-state index in [9.17, 15) is 0 Å². The number of benzene rings is 12. The fourth-order valence-electron chi connectivity index (χ4n) is 16.6. The zero-order valence-electron chi connectivity index (χ0n) is 72.0. The van der Waals surface area contributed by atoms with Gasteiger partial charge in [0.05, 0.1) is 51.4 Å². The topological polar surface area (TPSA) is 285 Å². The zero-order valence-corrected chi connectivity index (χ0v) is 74.4. The SMILES string of the molecule is CCC(Sc1ccccc1COc1ccc(OCc2ccc3ccccc3n2)cc1)C(C1(COc2ccc(COc3ccc(SCc4ccc5ccccc5n4)cc3)cc2)N=NN=N1)(C1(Cc2ccc(CSc3ccc(OCc4ccc5ccccc5n4)cc3)cc2)N=NN=N1)C1(CN(C(C)=O)c2ccc(COc3ccc(OCc4ccc5ccccc5n4)cc3)cc2)N=NN=N1. The van der Waals surface area contributed by atoms with Crippen molar-refractivity contribution in [2.24, 2.45) is 67.4 Å². The van der Waals surface area contributed by atoms with Gasteiger partial charge in [-0.25, -0.2) is 15.0 Å². The predicted octanol–water partition coefficient (Wildman–Crippen LogP) is 25.8. The molecule has 16 aromatic rings. The molecular weight excluding hydrogens is 1710 g/mol. The summed E-state index contributed by atoms with van der Waals surface area (Å²) in [5.74, 6) is 5.38. The molecule has 4 aromatic heterocycles. The summed E-state index contributed by atoms with van der Waals surface area (Å²) in [5, 5.41) is 61.9. The first-order valence-electron chi connectivity index (χ1n) is 43.2. The van der Waals surface area contributed by atoms with Crippen molar-refractivity contribution < 1.29 is 38.0 Å². The highest BCUT2D eigenvalue weighted by atomic mass is 32.2. The predicted molar refractivity (Wildman–Crippen MR) is 511 cm³/mol. The molecule has 654 valence electrons. The van der Waals surface area contributed by atoms with Crippen molar-refractivity contribution in [2.75, 3.05) is 18.1 Å². The van der Waals surface area contributed by atoms with Crippen LogP contribution in [-0.2, 0) is 62.4 Å². The molecule has 19 rings (SSSR count). The summed E-state index contributed by atoms with van der Waals surface area (Å²) in [6, 6.07) is 111. The van der Waals surface area contributed by atoms with Gasteiger partial charge >= 0.3 is 0 Å². The van der Waals surface area contributed by atoms with Gasteiger partial charge < -0.3 is 38.1 Å². The molecule has 0 aliphatic carbocycles. The number of amides is 1. The Balaban J connectivity index is 0.636. The van der Waals surface area contributed by atoms with Gasteiger partial charge in [0, 0.05) is 77.6 Å². The van der Waals surface area contributed by atoms with Crippen molar-refractivity contribution in [1.82, 2.24) is 19.9 Å². The number of anilines is 1. The van der Waals surface area contributed by atoms with Gasteiger partial charge in [-0.1, -0.05) is 171 Å². The van der Waals surface area contributed by atoms with E-state index in [-0.39, 0.29) is 51.7 Å². The third kappa shape index (κ3) is 19.6. The minimum absolute atomic E-state index is 0.0319. The van der Waals surface area contributed by atoms with Gasteiger partial charge in [0.15, 0.2) is 0 Å². The molecule has 1 amide bonds. The van der Waals surface area contributed by atoms with Crippen molar-refractivity contribution in [1.29, 1.82) is 0 Å². The number of carbonyl (C=O) groups is 1. The van der Waals surface area contributed by atoms with E-state index in [1.807, 2.05) is 286 Å². The number of nitrogens with zero attached hydrogens (tertiary/aromatic N) is 17. The van der Waals surface area contributed by atoms with Gasteiger partial charge in [-0.2, -0.15) is 0 Å². The van der Waals surface area contributed by atoms with Gasteiger partial charge in [-0.3, -0.25) is 9.78 Å². The highest BCUT2D eigenvalue weighted by Crippen LogP contribution is 2.67. The maximum absolute atomic E-state index is 15.2. The Bertz CT molecular complexity index is 6930. The standard InChI is InChI=1S/C104H87N17O8S3/c1-3-100(132-99-23-13-8-18-80(99)63-125-87-46-50-89(51-47-87)127-65-82-37-33-77-15-5-10-20-96(77)106-82)104(101(109-115-116-110-101)60-72-24-26-75(27-25-72)67-130-93-56-54-91(55-57-93)128-66-83-38-34-78-16-6-11-21-97(78)107-83,103(113-119-120-114-103)70-129-92-42-30-74(31-43-92)62-124-90-52-58-94(59-53-90)131-68-84-39-35-79-17-7-12-22-98(79)108-84)102(111-117-118-112-102)69-121(71(2)122)85-40-28-73(29-41-85)61-123-86-44-48-88(49-45-86)126-64-81-36-32-76-14-4-9-19-95(76)105-81/h4-59,100H,3,60-70H2,1-2H3. The fraction of sp³-hybridized carbons (Fsp3) is 0.183. The van der Waals surface area contributed by atoms with E-state index in [2.05, 4.69) is 92.0 Å². The van der Waals surface area contributed by atoms with Crippen LogP contribution in [0.5, 0.6) is 40.2 Å². The van der Waals surface area contributed by atoms with E-state index >= 15 is 4.79 Å². The van der Waals surface area contributed by atoms with Crippen molar-refractivity contribution in [3.05, 3.63) is 390 Å². The number of fused-ring (bicyclic) bond motifs is 4. The third-order valence-electron chi connectivity index (χ3n) is 23.3. The Morgan fingerprint density at radius 2 is 0.682 bits per heavy atom. The number of carbonyl (C=O) groups excluding carboxylic acids is 1. The van der Waals surface area contributed by atoms with Crippen LogP contribution in [-0.4, -0.2) is 61.2 Å². The van der Waals surface area contributed by atoms with Crippen LogP contribution in [0.25, 0.3) is 43.6 Å². The first-order chi connectivity index (χ1) is 64.9. The summed E-state index contributed by atoms with van der Waals surface area (Å²) in [6.07, 6.45) is 0.246. The lowest BCUT2D eigenvalue weighted by Gasteiger charge is -2.57. The summed E-state index contributed by atoms with van der Waals surface area (Å²) in [4.78, 5) is 39.0. The molecule has 2 atom stereocenters. The maximum atomic E-state index is 15.2. The van der Waals surface area contributed by atoms with Crippen LogP contribution in [0.4, 0.5) is 5.69 Å². The summed E-state index contributed by atoms with van der Waals surface area (Å²) in [7, 11) is 0. The molecule has 0 spiro atoms. The number of hydrogen-bond donors (Lipinski definition) is 0. The summed E-state index contributed by atoms with van der Waals surface area (Å²) < 4.78 is 45.3. The van der Waals surface area contributed by atoms with Crippen LogP contribution < -0.4 is 38.1 Å². The molecular formula is C104H87N17O8S3. The molecule has 3 aliphatic rings. The molecule has 0 saturated carbocycles. The summed E-state index contributed by atoms with van der Waals surface area (Å²) in [6.45, 7) is 4.25. The highest BCUT2D eigenvalue weighted by Gasteiger charge is 2.82. The van der Waals surface area contributed by atoms with Crippen LogP contribution in [0.1, 0.15) is 70.9 Å². The number of ether oxygens (including phenoxy) is 7. The lowest BCUT2D eigenvalue weighted by molar-refractivity contribution is -0.117. The normalized spacial score (nSPS) is 14.3. The molecule has 2 unspecified atom stereocenters. The van der Waals surface area contributed by atoms with Crippen molar-refractivity contribution in [3.63, 3.8) is 0 Å². The van der Waals surface area contributed by atoms with E-state index in [4.69, 9.17) is 83.8 Å². The minimum atomic E-state index is -2.11. The van der Waals surface area contributed by atoms with Gasteiger partial charge in [-0.05, 0) is 236 Å². The van der Waals surface area contributed by atoms with Gasteiger partial charge in [-0.15, -0.1) is 66.0 Å². The number of thioether (sulfide) groups is 3. The van der Waals surface area contributed by atoms with E-state index in [1.54, 1.807) is 28.4 Å². The Morgan fingerprint density at radius 3 is 1.14 bits per heavy atom. The molecule has 7 heterocycles. The van der Waals surface area contributed by atoms with Gasteiger partial charge in [0.1, 0.15) is 91.9 Å². The number of rotatable bonds is 39. The maximum Gasteiger partial charge on any atom is 0.244 e. The van der Waals surface area contributed by atoms with Gasteiger partial charge in [0.2, 0.25) is 22.9 Å². The van der Waals surface area contributed by atoms with Crippen LogP contribution >= 0.6 is 35.3 Å². The van der Waals surface area contributed by atoms with Crippen LogP contribution in [0, 0.1) is 5.41 Å². The summed E-state index contributed by atoms with van der Waals surface area (Å²) in [5.41, 5.74) is 3.75. The molecule has 28 heteroatoms. The minimum Gasteiger partial charge on any atom is -0.489 e. The fourth-order valence-corrected chi connectivity index (χ4v) is 19.9. The largest absolute Gasteiger partial charge is 0.489 e. The third-order valence-corrected chi connectivity index (χ3v) is 27.0. The highest BCUT2D eigenvalue weighted by molar-refractivity contribution is 8.00. The number of pyridine rings is 4. The van der Waals surface area contributed by atoms with Crippen molar-refractivity contribution in [3.8, 4) is 40.2 Å². The van der Waals surface area contributed by atoms with Crippen LogP contribution in [0.3, 0.4) is 0 Å². The Labute approximate surface area is 774 Å². The first-order valence-corrected chi connectivity index (χ1v) is 46.0. The molecule has 0 bridgehead atoms. The zero-order chi connectivity index (χ0) is 89.4.